The zero-order valence-corrected chi connectivity index (χ0v) is 15.1. The van der Waals surface area contributed by atoms with Crippen LogP contribution in [0, 0.1) is 42.0 Å². The molecular weight excluding hydrogens is 360 g/mol. The van der Waals surface area contributed by atoms with E-state index in [0.717, 1.165) is 25.0 Å². The third-order valence-corrected chi connectivity index (χ3v) is 5.17. The summed E-state index contributed by atoms with van der Waals surface area (Å²) < 4.78 is 61.7. The van der Waals surface area contributed by atoms with Gasteiger partial charge in [0.25, 0.3) is 0 Å². The number of aryl methyl sites for hydroxylation is 1. The molecule has 0 radical (unpaired) electrons. The first-order valence-electron chi connectivity index (χ1n) is 8.94. The standard InChI is InChI=1S/C21H20F4O2.H2/c1-11-3-6-13(7-4-11)21(26)27-16-10-9-15(19(24)20(16)25)14-8-5-12(2)17(22)18(14)23;/h5,8-11,13H,3-4,6-7H2,1-2H3;1H. The number of hydrogen-bond donors (Lipinski definition) is 0. The van der Waals surface area contributed by atoms with Crippen LogP contribution in [-0.4, -0.2) is 5.97 Å². The molecule has 6 heteroatoms. The summed E-state index contributed by atoms with van der Waals surface area (Å²) in [4.78, 5) is 12.2. The Kier molecular flexibility index (Phi) is 5.53. The summed E-state index contributed by atoms with van der Waals surface area (Å²) in [5, 5.41) is 0. The lowest BCUT2D eigenvalue weighted by Gasteiger charge is -2.24. The fraction of sp³-hybridized carbons (Fsp3) is 0.381. The van der Waals surface area contributed by atoms with E-state index in [0.29, 0.717) is 18.8 Å². The Morgan fingerprint density at radius 3 is 2.07 bits per heavy atom. The molecule has 0 N–H and O–H groups in total. The molecule has 146 valence electrons. The van der Waals surface area contributed by atoms with Gasteiger partial charge in [0.2, 0.25) is 5.82 Å². The topological polar surface area (TPSA) is 26.3 Å². The van der Waals surface area contributed by atoms with E-state index >= 15 is 0 Å². The lowest BCUT2D eigenvalue weighted by Crippen LogP contribution is -2.25. The van der Waals surface area contributed by atoms with E-state index < -0.39 is 46.1 Å². The van der Waals surface area contributed by atoms with Crippen molar-refractivity contribution in [3.05, 3.63) is 53.1 Å². The average Bonchev–Trinajstić information content (AvgIpc) is 2.65. The Labute approximate surface area is 156 Å². The molecule has 2 aromatic carbocycles. The van der Waals surface area contributed by atoms with Gasteiger partial charge in [-0.2, -0.15) is 4.39 Å². The van der Waals surface area contributed by atoms with Gasteiger partial charge in [-0.25, -0.2) is 13.2 Å². The molecule has 3 rings (SSSR count). The van der Waals surface area contributed by atoms with Gasteiger partial charge in [0, 0.05) is 12.6 Å². The minimum atomic E-state index is -1.40. The molecular formula is C21H22F4O2. The number of carbonyl (C=O) groups excluding carboxylic acids is 1. The predicted molar refractivity (Wildman–Crippen MR) is 95.3 cm³/mol. The summed E-state index contributed by atoms with van der Waals surface area (Å²) in [5.74, 6) is -6.11. The molecule has 2 nitrogen and oxygen atoms in total. The van der Waals surface area contributed by atoms with Crippen LogP contribution in [0.4, 0.5) is 17.6 Å². The van der Waals surface area contributed by atoms with Crippen molar-refractivity contribution in [1.29, 1.82) is 0 Å². The monoisotopic (exact) mass is 382 g/mol. The zero-order valence-electron chi connectivity index (χ0n) is 15.1. The van der Waals surface area contributed by atoms with Crippen LogP contribution in [0.5, 0.6) is 5.75 Å². The highest BCUT2D eigenvalue weighted by molar-refractivity contribution is 5.76. The van der Waals surface area contributed by atoms with Gasteiger partial charge in [0.15, 0.2) is 23.2 Å². The van der Waals surface area contributed by atoms with Gasteiger partial charge in [-0.15, -0.1) is 0 Å². The average molecular weight is 382 g/mol. The molecule has 0 bridgehead atoms. The lowest BCUT2D eigenvalue weighted by atomic mass is 9.83. The van der Waals surface area contributed by atoms with Crippen molar-refractivity contribution in [2.75, 3.05) is 0 Å². The van der Waals surface area contributed by atoms with Gasteiger partial charge in [-0.1, -0.05) is 19.1 Å². The summed E-state index contributed by atoms with van der Waals surface area (Å²) in [6.45, 7) is 3.47. The first-order valence-corrected chi connectivity index (χ1v) is 8.94. The molecule has 1 aliphatic rings. The van der Waals surface area contributed by atoms with Gasteiger partial charge in [0.1, 0.15) is 0 Å². The first-order chi connectivity index (χ1) is 12.8. The fourth-order valence-electron chi connectivity index (χ4n) is 3.36. The van der Waals surface area contributed by atoms with E-state index in [4.69, 9.17) is 4.74 Å². The number of esters is 1. The minimum absolute atomic E-state index is 0. The second-order valence-electron chi connectivity index (χ2n) is 7.18. The maximum atomic E-state index is 14.4. The van der Waals surface area contributed by atoms with Gasteiger partial charge in [-0.3, -0.25) is 4.79 Å². The van der Waals surface area contributed by atoms with E-state index in [9.17, 15) is 22.4 Å². The van der Waals surface area contributed by atoms with E-state index in [1.165, 1.54) is 19.1 Å². The third-order valence-electron chi connectivity index (χ3n) is 5.17. The van der Waals surface area contributed by atoms with Crippen molar-refractivity contribution in [2.45, 2.75) is 39.5 Å². The van der Waals surface area contributed by atoms with Crippen molar-refractivity contribution in [2.24, 2.45) is 11.8 Å². The molecule has 0 amide bonds. The number of hydrogen-bond acceptors (Lipinski definition) is 2. The highest BCUT2D eigenvalue weighted by Gasteiger charge is 2.28. The smallest absolute Gasteiger partial charge is 0.314 e. The van der Waals surface area contributed by atoms with Gasteiger partial charge >= 0.3 is 5.97 Å². The van der Waals surface area contributed by atoms with Crippen LogP contribution in [0.15, 0.2) is 24.3 Å². The van der Waals surface area contributed by atoms with Gasteiger partial charge < -0.3 is 4.74 Å². The number of benzene rings is 2. The van der Waals surface area contributed by atoms with Crippen LogP contribution in [-0.2, 0) is 4.79 Å². The van der Waals surface area contributed by atoms with Crippen LogP contribution >= 0.6 is 0 Å². The van der Waals surface area contributed by atoms with Gasteiger partial charge in [-0.05, 0) is 56.2 Å². The molecule has 0 aromatic heterocycles. The second-order valence-corrected chi connectivity index (χ2v) is 7.18. The van der Waals surface area contributed by atoms with Crippen molar-refractivity contribution in [3.63, 3.8) is 0 Å². The molecule has 0 saturated heterocycles. The molecule has 1 aliphatic carbocycles. The van der Waals surface area contributed by atoms with Crippen LogP contribution in [0.25, 0.3) is 11.1 Å². The number of rotatable bonds is 3. The Morgan fingerprint density at radius 2 is 1.44 bits per heavy atom. The normalized spacial score (nSPS) is 19.8. The summed E-state index contributed by atoms with van der Waals surface area (Å²) >= 11 is 0. The maximum absolute atomic E-state index is 14.4. The third kappa shape index (κ3) is 3.84. The lowest BCUT2D eigenvalue weighted by molar-refractivity contribution is -0.140. The van der Waals surface area contributed by atoms with E-state index in [1.807, 2.05) is 0 Å². The van der Waals surface area contributed by atoms with Crippen LogP contribution in [0.1, 0.15) is 39.6 Å². The molecule has 27 heavy (non-hydrogen) atoms. The van der Waals surface area contributed by atoms with Crippen molar-refractivity contribution < 1.29 is 28.5 Å². The Bertz CT molecular complexity index is 877. The number of ether oxygens (including phenoxy) is 1. The quantitative estimate of drug-likeness (QED) is 0.359. The highest BCUT2D eigenvalue weighted by Crippen LogP contribution is 2.34. The van der Waals surface area contributed by atoms with E-state index in [1.54, 1.807) is 0 Å². The summed E-state index contributed by atoms with van der Waals surface area (Å²) in [6, 6.07) is 4.61. The molecule has 0 heterocycles. The SMILES string of the molecule is Cc1ccc(-c2ccc(OC(=O)C3CCC(C)CC3)c(F)c2F)c(F)c1F.[HH]. The molecule has 1 saturated carbocycles. The van der Waals surface area contributed by atoms with Crippen LogP contribution in [0.3, 0.4) is 0 Å². The van der Waals surface area contributed by atoms with E-state index in [2.05, 4.69) is 6.92 Å². The molecule has 0 unspecified atom stereocenters. The van der Waals surface area contributed by atoms with Crippen molar-refractivity contribution in [3.8, 4) is 16.9 Å². The molecule has 0 atom stereocenters. The molecule has 1 fully saturated rings. The predicted octanol–water partition coefficient (Wildman–Crippen LogP) is 6.20. The maximum Gasteiger partial charge on any atom is 0.314 e. The van der Waals surface area contributed by atoms with Gasteiger partial charge in [0.05, 0.1) is 5.92 Å². The molecule has 0 spiro atoms. The largest absolute Gasteiger partial charge is 0.423 e. The number of halogens is 4. The van der Waals surface area contributed by atoms with Crippen molar-refractivity contribution in [1.82, 2.24) is 0 Å². The van der Waals surface area contributed by atoms with Crippen LogP contribution < -0.4 is 4.74 Å². The molecule has 2 aromatic rings. The highest BCUT2D eigenvalue weighted by atomic mass is 19.2. The minimum Gasteiger partial charge on any atom is -0.423 e. The fourth-order valence-corrected chi connectivity index (χ4v) is 3.36. The summed E-state index contributed by atoms with van der Waals surface area (Å²) in [5.41, 5.74) is -0.770. The zero-order chi connectivity index (χ0) is 19.7. The molecule has 0 aliphatic heterocycles. The summed E-state index contributed by atoms with van der Waals surface area (Å²) in [7, 11) is 0. The second kappa shape index (κ2) is 7.71. The van der Waals surface area contributed by atoms with Crippen LogP contribution in [0.2, 0.25) is 0 Å². The summed E-state index contributed by atoms with van der Waals surface area (Å²) in [6.07, 6.45) is 3.06. The first kappa shape index (κ1) is 19.4. The number of carbonyl (C=O) groups is 1. The van der Waals surface area contributed by atoms with E-state index in [-0.39, 0.29) is 12.9 Å². The van der Waals surface area contributed by atoms with Crippen molar-refractivity contribution >= 4 is 5.97 Å². The Balaban J connectivity index is 0.00000280. The Hall–Kier alpha value is -2.37. The Morgan fingerprint density at radius 1 is 0.889 bits per heavy atom.